The number of fused-ring (bicyclic) bond motifs is 1. The van der Waals surface area contributed by atoms with Crippen molar-refractivity contribution in [3.05, 3.63) is 54.7 Å². The summed E-state index contributed by atoms with van der Waals surface area (Å²) in [5.41, 5.74) is 3.38. The topological polar surface area (TPSA) is 25.2 Å². The Morgan fingerprint density at radius 3 is 2.59 bits per heavy atom. The van der Waals surface area contributed by atoms with Crippen LogP contribution in [0.2, 0.25) is 0 Å². The van der Waals surface area contributed by atoms with Crippen LogP contribution in [0.25, 0.3) is 22.0 Å². The number of benzene rings is 2. The van der Waals surface area contributed by atoms with E-state index >= 15 is 0 Å². The Bertz CT molecular complexity index is 682. The number of aromatic hydroxyl groups is 1. The van der Waals surface area contributed by atoms with Gasteiger partial charge in [-0.15, -0.1) is 0 Å². The fraction of sp³-hybridized carbons (Fsp3) is 0.0667. The average molecular weight is 223 g/mol. The fourth-order valence-electron chi connectivity index (χ4n) is 2.15. The Morgan fingerprint density at radius 2 is 1.76 bits per heavy atom. The second-order valence-corrected chi connectivity index (χ2v) is 4.25. The van der Waals surface area contributed by atoms with Crippen molar-refractivity contribution >= 4 is 10.9 Å². The largest absolute Gasteiger partial charge is 0.508 e. The van der Waals surface area contributed by atoms with Crippen LogP contribution in [0.4, 0.5) is 0 Å². The third-order valence-corrected chi connectivity index (χ3v) is 3.06. The molecule has 0 atom stereocenters. The third-order valence-electron chi connectivity index (χ3n) is 3.06. The van der Waals surface area contributed by atoms with Crippen molar-refractivity contribution in [1.29, 1.82) is 0 Å². The summed E-state index contributed by atoms with van der Waals surface area (Å²) in [5.74, 6) is 0.302. The van der Waals surface area contributed by atoms with E-state index in [0.717, 1.165) is 11.1 Å². The zero-order valence-electron chi connectivity index (χ0n) is 9.59. The van der Waals surface area contributed by atoms with Crippen molar-refractivity contribution in [2.75, 3.05) is 0 Å². The van der Waals surface area contributed by atoms with Gasteiger partial charge in [-0.1, -0.05) is 18.2 Å². The van der Waals surface area contributed by atoms with Crippen LogP contribution < -0.4 is 0 Å². The van der Waals surface area contributed by atoms with Crippen molar-refractivity contribution < 1.29 is 5.11 Å². The van der Waals surface area contributed by atoms with Crippen LogP contribution in [0.5, 0.6) is 5.75 Å². The zero-order chi connectivity index (χ0) is 11.8. The lowest BCUT2D eigenvalue weighted by atomic mass is 10.0. The molecule has 0 unspecified atom stereocenters. The number of phenolic OH excluding ortho intramolecular Hbond substituents is 1. The van der Waals surface area contributed by atoms with E-state index in [4.69, 9.17) is 0 Å². The van der Waals surface area contributed by atoms with Crippen molar-refractivity contribution in [2.45, 2.75) is 0 Å². The van der Waals surface area contributed by atoms with E-state index in [1.807, 2.05) is 19.2 Å². The zero-order valence-corrected chi connectivity index (χ0v) is 9.59. The van der Waals surface area contributed by atoms with Crippen LogP contribution in [0, 0.1) is 0 Å². The average Bonchev–Trinajstić information content (AvgIpc) is 2.71. The second-order valence-electron chi connectivity index (χ2n) is 4.25. The van der Waals surface area contributed by atoms with Gasteiger partial charge in [-0.2, -0.15) is 0 Å². The van der Waals surface area contributed by atoms with E-state index in [-0.39, 0.29) is 0 Å². The van der Waals surface area contributed by atoms with Gasteiger partial charge in [-0.05, 0) is 41.5 Å². The van der Waals surface area contributed by atoms with Gasteiger partial charge in [-0.3, -0.25) is 0 Å². The monoisotopic (exact) mass is 223 g/mol. The first kappa shape index (κ1) is 9.97. The van der Waals surface area contributed by atoms with Crippen molar-refractivity contribution in [3.8, 4) is 16.9 Å². The Hall–Kier alpha value is -2.22. The molecule has 17 heavy (non-hydrogen) atoms. The minimum atomic E-state index is 0.302. The first-order valence-corrected chi connectivity index (χ1v) is 5.58. The van der Waals surface area contributed by atoms with Crippen molar-refractivity contribution in [1.82, 2.24) is 4.57 Å². The molecule has 0 saturated carbocycles. The molecule has 0 saturated heterocycles. The number of hydrogen-bond donors (Lipinski definition) is 1. The van der Waals surface area contributed by atoms with Gasteiger partial charge in [0.1, 0.15) is 5.75 Å². The van der Waals surface area contributed by atoms with Crippen LogP contribution >= 0.6 is 0 Å². The quantitative estimate of drug-likeness (QED) is 0.670. The van der Waals surface area contributed by atoms with Gasteiger partial charge >= 0.3 is 0 Å². The molecule has 0 fully saturated rings. The molecule has 3 rings (SSSR count). The molecular formula is C15H13NO. The van der Waals surface area contributed by atoms with Gasteiger partial charge in [0.2, 0.25) is 0 Å². The predicted molar refractivity (Wildman–Crippen MR) is 70.0 cm³/mol. The molecule has 2 heteroatoms. The number of aromatic nitrogens is 1. The summed E-state index contributed by atoms with van der Waals surface area (Å²) in [6, 6.07) is 15.8. The number of nitrogens with zero attached hydrogens (tertiary/aromatic N) is 1. The highest BCUT2D eigenvalue weighted by Crippen LogP contribution is 2.26. The lowest BCUT2D eigenvalue weighted by Gasteiger charge is -2.03. The first-order chi connectivity index (χ1) is 8.24. The van der Waals surface area contributed by atoms with E-state index in [2.05, 4.69) is 35.0 Å². The number of hydrogen-bond acceptors (Lipinski definition) is 1. The van der Waals surface area contributed by atoms with Gasteiger partial charge in [-0.25, -0.2) is 0 Å². The molecular weight excluding hydrogens is 210 g/mol. The van der Waals surface area contributed by atoms with E-state index in [1.165, 1.54) is 10.9 Å². The van der Waals surface area contributed by atoms with Crippen molar-refractivity contribution in [2.24, 2.45) is 7.05 Å². The normalized spacial score (nSPS) is 10.9. The van der Waals surface area contributed by atoms with Gasteiger partial charge in [0.05, 0.1) is 0 Å². The Balaban J connectivity index is 2.18. The highest BCUT2D eigenvalue weighted by molar-refractivity contribution is 5.85. The summed E-state index contributed by atoms with van der Waals surface area (Å²) in [4.78, 5) is 0. The number of phenols is 1. The molecule has 2 nitrogen and oxygen atoms in total. The van der Waals surface area contributed by atoms with E-state index < -0.39 is 0 Å². The van der Waals surface area contributed by atoms with Crippen LogP contribution in [-0.2, 0) is 7.05 Å². The molecule has 0 aliphatic carbocycles. The SMILES string of the molecule is Cn1ccc2cc(-c3cccc(O)c3)ccc21. The number of aryl methyl sites for hydroxylation is 1. The second kappa shape index (κ2) is 3.67. The lowest BCUT2D eigenvalue weighted by Crippen LogP contribution is -1.83. The minimum Gasteiger partial charge on any atom is -0.508 e. The molecule has 0 bridgehead atoms. The summed E-state index contributed by atoms with van der Waals surface area (Å²) in [6.45, 7) is 0. The Morgan fingerprint density at radius 1 is 0.941 bits per heavy atom. The summed E-state index contributed by atoms with van der Waals surface area (Å²) < 4.78 is 2.10. The van der Waals surface area contributed by atoms with Crippen LogP contribution in [0.1, 0.15) is 0 Å². The van der Waals surface area contributed by atoms with Crippen LogP contribution in [0.15, 0.2) is 54.7 Å². The molecule has 1 heterocycles. The van der Waals surface area contributed by atoms with Crippen LogP contribution in [-0.4, -0.2) is 9.67 Å². The maximum Gasteiger partial charge on any atom is 0.116 e. The van der Waals surface area contributed by atoms with Gasteiger partial charge < -0.3 is 9.67 Å². The summed E-state index contributed by atoms with van der Waals surface area (Å²) in [5, 5.41) is 10.7. The molecule has 0 aliphatic rings. The van der Waals surface area contributed by atoms with Crippen molar-refractivity contribution in [3.63, 3.8) is 0 Å². The molecule has 1 aromatic heterocycles. The first-order valence-electron chi connectivity index (χ1n) is 5.58. The Kier molecular flexibility index (Phi) is 2.15. The lowest BCUT2D eigenvalue weighted by molar-refractivity contribution is 0.475. The van der Waals surface area contributed by atoms with Gasteiger partial charge in [0.25, 0.3) is 0 Å². The molecule has 2 aromatic carbocycles. The van der Waals surface area contributed by atoms with E-state index in [0.29, 0.717) is 5.75 Å². The Labute approximate surface area is 99.7 Å². The standard InChI is InChI=1S/C15H13NO/c1-16-8-7-13-9-12(5-6-15(13)16)11-3-2-4-14(17)10-11/h2-10,17H,1H3. The fourth-order valence-corrected chi connectivity index (χ4v) is 2.15. The van der Waals surface area contributed by atoms with Gasteiger partial charge in [0, 0.05) is 24.1 Å². The maximum atomic E-state index is 9.49. The molecule has 3 aromatic rings. The predicted octanol–water partition coefficient (Wildman–Crippen LogP) is 3.55. The summed E-state index contributed by atoms with van der Waals surface area (Å²) in [7, 11) is 2.04. The van der Waals surface area contributed by atoms with E-state index in [1.54, 1.807) is 12.1 Å². The highest BCUT2D eigenvalue weighted by atomic mass is 16.3. The van der Waals surface area contributed by atoms with Gasteiger partial charge in [0.15, 0.2) is 0 Å². The van der Waals surface area contributed by atoms with E-state index in [9.17, 15) is 5.11 Å². The summed E-state index contributed by atoms with van der Waals surface area (Å²) in [6.07, 6.45) is 2.05. The minimum absolute atomic E-state index is 0.302. The summed E-state index contributed by atoms with van der Waals surface area (Å²) >= 11 is 0. The van der Waals surface area contributed by atoms with Crippen LogP contribution in [0.3, 0.4) is 0 Å². The molecule has 1 N–H and O–H groups in total. The molecule has 0 aliphatic heterocycles. The molecule has 0 radical (unpaired) electrons. The number of rotatable bonds is 1. The maximum absolute atomic E-state index is 9.49. The third kappa shape index (κ3) is 1.68. The molecule has 0 spiro atoms. The molecule has 0 amide bonds. The molecule has 84 valence electrons. The smallest absolute Gasteiger partial charge is 0.116 e. The highest BCUT2D eigenvalue weighted by Gasteiger charge is 2.02.